The summed E-state index contributed by atoms with van der Waals surface area (Å²) in [6.07, 6.45) is 0. The molecule has 0 radical (unpaired) electrons. The maximum atomic E-state index is 13.0. The van der Waals surface area contributed by atoms with Crippen molar-refractivity contribution < 1.29 is 4.39 Å². The van der Waals surface area contributed by atoms with E-state index in [4.69, 9.17) is 5.73 Å². The Labute approximate surface area is 85.7 Å². The molecule has 0 amide bonds. The predicted octanol–water partition coefficient (Wildman–Crippen LogP) is 0.438. The molecule has 0 saturated heterocycles. The molecule has 0 unspecified atom stereocenters. The Bertz CT molecular complexity index is 556. The molecule has 1 aromatic heterocycles. The minimum absolute atomic E-state index is 0.166. The summed E-state index contributed by atoms with van der Waals surface area (Å²) in [5.41, 5.74) is 6.56. The van der Waals surface area contributed by atoms with E-state index in [1.165, 1.54) is 16.7 Å². The van der Waals surface area contributed by atoms with E-state index in [-0.39, 0.29) is 11.5 Å². The first kappa shape index (κ1) is 9.92. The molecule has 2 aromatic rings. The average Bonchev–Trinajstić information content (AvgIpc) is 2.44. The van der Waals surface area contributed by atoms with Crippen molar-refractivity contribution in [2.24, 2.45) is 12.8 Å². The van der Waals surface area contributed by atoms with Crippen LogP contribution in [0.2, 0.25) is 0 Å². The Morgan fingerprint density at radius 1 is 1.40 bits per heavy atom. The lowest BCUT2D eigenvalue weighted by Gasteiger charge is -1.99. The van der Waals surface area contributed by atoms with Gasteiger partial charge in [-0.2, -0.15) is 0 Å². The predicted molar refractivity (Wildman–Crippen MR) is 56.2 cm³/mol. The number of hydrogen-bond donors (Lipinski definition) is 1. The normalized spacial score (nSPS) is 11.1. The second kappa shape index (κ2) is 3.51. The molecule has 1 heterocycles. The number of nitrogens with two attached hydrogens (primary N) is 1. The molecule has 0 aliphatic carbocycles. The van der Waals surface area contributed by atoms with Gasteiger partial charge in [-0.25, -0.2) is 9.18 Å². The summed E-state index contributed by atoms with van der Waals surface area (Å²) in [7, 11) is 1.62. The topological polar surface area (TPSA) is 53.0 Å². The van der Waals surface area contributed by atoms with Gasteiger partial charge in [0, 0.05) is 20.1 Å². The van der Waals surface area contributed by atoms with Crippen LogP contribution < -0.4 is 11.4 Å². The largest absolute Gasteiger partial charge is 0.329 e. The van der Waals surface area contributed by atoms with E-state index < -0.39 is 0 Å². The molecule has 0 bridgehead atoms. The van der Waals surface area contributed by atoms with Crippen LogP contribution in [0.4, 0.5) is 4.39 Å². The molecule has 0 aliphatic heterocycles. The first-order valence-electron chi connectivity index (χ1n) is 4.70. The van der Waals surface area contributed by atoms with E-state index in [0.717, 1.165) is 0 Å². The molecule has 0 saturated carbocycles. The number of nitrogens with zero attached hydrogens (tertiary/aromatic N) is 2. The van der Waals surface area contributed by atoms with E-state index in [1.54, 1.807) is 17.7 Å². The molecular formula is C10H12FN3O. The SMILES string of the molecule is Cn1c(=O)n(CCN)c2ccc(F)cc21. The highest BCUT2D eigenvalue weighted by Crippen LogP contribution is 2.13. The first-order chi connectivity index (χ1) is 7.15. The third-order valence-electron chi connectivity index (χ3n) is 2.46. The molecule has 80 valence electrons. The Morgan fingerprint density at radius 2 is 2.13 bits per heavy atom. The molecule has 0 aliphatic rings. The molecule has 4 nitrogen and oxygen atoms in total. The summed E-state index contributed by atoms with van der Waals surface area (Å²) in [4.78, 5) is 11.7. The van der Waals surface area contributed by atoms with Crippen molar-refractivity contribution in [1.29, 1.82) is 0 Å². The minimum Gasteiger partial charge on any atom is -0.329 e. The molecule has 0 atom stereocenters. The van der Waals surface area contributed by atoms with Gasteiger partial charge in [0.05, 0.1) is 11.0 Å². The van der Waals surface area contributed by atoms with E-state index in [1.807, 2.05) is 0 Å². The monoisotopic (exact) mass is 209 g/mol. The second-order valence-corrected chi connectivity index (χ2v) is 3.41. The van der Waals surface area contributed by atoms with Crippen LogP contribution in [0.25, 0.3) is 11.0 Å². The van der Waals surface area contributed by atoms with Gasteiger partial charge in [-0.1, -0.05) is 0 Å². The quantitative estimate of drug-likeness (QED) is 0.780. The maximum absolute atomic E-state index is 13.0. The highest BCUT2D eigenvalue weighted by Gasteiger charge is 2.09. The van der Waals surface area contributed by atoms with E-state index in [0.29, 0.717) is 24.1 Å². The molecular weight excluding hydrogens is 197 g/mol. The van der Waals surface area contributed by atoms with Gasteiger partial charge in [0.1, 0.15) is 5.82 Å². The highest BCUT2D eigenvalue weighted by atomic mass is 19.1. The zero-order valence-electron chi connectivity index (χ0n) is 8.40. The third kappa shape index (κ3) is 1.45. The summed E-state index contributed by atoms with van der Waals surface area (Å²) in [6, 6.07) is 4.29. The number of halogens is 1. The Morgan fingerprint density at radius 3 is 2.80 bits per heavy atom. The molecule has 2 N–H and O–H groups in total. The van der Waals surface area contributed by atoms with E-state index >= 15 is 0 Å². The summed E-state index contributed by atoms with van der Waals surface area (Å²) in [5.74, 6) is -0.344. The lowest BCUT2D eigenvalue weighted by molar-refractivity contribution is 0.628. The van der Waals surface area contributed by atoms with Crippen molar-refractivity contribution in [2.45, 2.75) is 6.54 Å². The fourth-order valence-corrected chi connectivity index (χ4v) is 1.73. The van der Waals surface area contributed by atoms with Crippen molar-refractivity contribution in [3.05, 3.63) is 34.5 Å². The zero-order chi connectivity index (χ0) is 11.0. The second-order valence-electron chi connectivity index (χ2n) is 3.41. The number of aryl methyl sites for hydroxylation is 1. The van der Waals surface area contributed by atoms with Crippen LogP contribution in [0.5, 0.6) is 0 Å². The molecule has 0 spiro atoms. The van der Waals surface area contributed by atoms with Crippen molar-refractivity contribution >= 4 is 11.0 Å². The molecule has 0 fully saturated rings. The standard InChI is InChI=1S/C10H12FN3O/c1-13-9-6-7(11)2-3-8(9)14(5-4-12)10(13)15/h2-3,6H,4-5,12H2,1H3. The van der Waals surface area contributed by atoms with Crippen LogP contribution in [0.1, 0.15) is 0 Å². The van der Waals surface area contributed by atoms with Crippen LogP contribution in [0.3, 0.4) is 0 Å². The van der Waals surface area contributed by atoms with Gasteiger partial charge >= 0.3 is 5.69 Å². The van der Waals surface area contributed by atoms with Crippen molar-refractivity contribution in [2.75, 3.05) is 6.54 Å². The Hall–Kier alpha value is -1.62. The molecule has 15 heavy (non-hydrogen) atoms. The zero-order valence-corrected chi connectivity index (χ0v) is 8.40. The lowest BCUT2D eigenvalue weighted by atomic mass is 10.3. The fourth-order valence-electron chi connectivity index (χ4n) is 1.73. The molecule has 1 aromatic carbocycles. The number of hydrogen-bond acceptors (Lipinski definition) is 2. The van der Waals surface area contributed by atoms with Gasteiger partial charge in [0.2, 0.25) is 0 Å². The van der Waals surface area contributed by atoms with Gasteiger partial charge in [-0.15, -0.1) is 0 Å². The Balaban J connectivity index is 2.81. The van der Waals surface area contributed by atoms with Crippen molar-refractivity contribution in [3.63, 3.8) is 0 Å². The number of fused-ring (bicyclic) bond motifs is 1. The van der Waals surface area contributed by atoms with Crippen LogP contribution in [0, 0.1) is 5.82 Å². The van der Waals surface area contributed by atoms with E-state index in [9.17, 15) is 9.18 Å². The van der Waals surface area contributed by atoms with Gasteiger partial charge in [-0.05, 0) is 18.2 Å². The van der Waals surface area contributed by atoms with Crippen LogP contribution in [-0.4, -0.2) is 15.7 Å². The summed E-state index contributed by atoms with van der Waals surface area (Å²) >= 11 is 0. The van der Waals surface area contributed by atoms with Gasteiger partial charge in [-0.3, -0.25) is 9.13 Å². The smallest absolute Gasteiger partial charge is 0.328 e. The minimum atomic E-state index is -0.344. The number of rotatable bonds is 2. The highest BCUT2D eigenvalue weighted by molar-refractivity contribution is 5.76. The number of aromatic nitrogens is 2. The number of benzene rings is 1. The average molecular weight is 209 g/mol. The van der Waals surface area contributed by atoms with Gasteiger partial charge in [0.15, 0.2) is 0 Å². The lowest BCUT2D eigenvalue weighted by Crippen LogP contribution is -2.25. The third-order valence-corrected chi connectivity index (χ3v) is 2.46. The molecule has 5 heteroatoms. The van der Waals surface area contributed by atoms with Crippen LogP contribution in [-0.2, 0) is 13.6 Å². The summed E-state index contributed by atoms with van der Waals surface area (Å²) < 4.78 is 16.0. The summed E-state index contributed by atoms with van der Waals surface area (Å²) in [6.45, 7) is 0.832. The van der Waals surface area contributed by atoms with Crippen molar-refractivity contribution in [3.8, 4) is 0 Å². The Kier molecular flexibility index (Phi) is 2.32. The van der Waals surface area contributed by atoms with Gasteiger partial charge < -0.3 is 5.73 Å². The first-order valence-corrected chi connectivity index (χ1v) is 4.70. The maximum Gasteiger partial charge on any atom is 0.328 e. The van der Waals surface area contributed by atoms with Crippen LogP contribution in [0.15, 0.2) is 23.0 Å². The van der Waals surface area contributed by atoms with Crippen LogP contribution >= 0.6 is 0 Å². The van der Waals surface area contributed by atoms with Gasteiger partial charge in [0.25, 0.3) is 0 Å². The van der Waals surface area contributed by atoms with E-state index in [2.05, 4.69) is 0 Å². The van der Waals surface area contributed by atoms with Crippen molar-refractivity contribution in [1.82, 2.24) is 9.13 Å². The fraction of sp³-hybridized carbons (Fsp3) is 0.300. The summed E-state index contributed by atoms with van der Waals surface area (Å²) in [5, 5.41) is 0. The number of imidazole rings is 1. The molecule has 2 rings (SSSR count).